The van der Waals surface area contributed by atoms with Crippen LogP contribution < -0.4 is 9.47 Å². The topological polar surface area (TPSA) is 38.7 Å². The molecule has 0 amide bonds. The Bertz CT molecular complexity index is 576. The monoisotopic (exact) mass is 286 g/mol. The average molecular weight is 286 g/mol. The minimum absolute atomic E-state index is 0.233. The van der Waals surface area contributed by atoms with Crippen molar-refractivity contribution < 1.29 is 14.6 Å². The molecular formula is C18H22O3. The molecule has 0 spiro atoms. The van der Waals surface area contributed by atoms with Crippen LogP contribution >= 0.6 is 0 Å². The SMILES string of the molecule is CCOc1ccc(OCC(O)c2ccc(C)c(C)c2)cc1. The molecule has 0 fully saturated rings. The number of ether oxygens (including phenoxy) is 2. The standard InChI is InChI=1S/C18H22O3/c1-4-20-16-7-9-17(10-8-16)21-12-18(19)15-6-5-13(2)14(3)11-15/h5-11,18-19H,4,12H2,1-3H3. The van der Waals surface area contributed by atoms with Gasteiger partial charge in [0.1, 0.15) is 24.2 Å². The van der Waals surface area contributed by atoms with Crippen LogP contribution in [0.2, 0.25) is 0 Å². The van der Waals surface area contributed by atoms with Gasteiger partial charge in [0.2, 0.25) is 0 Å². The smallest absolute Gasteiger partial charge is 0.119 e. The Balaban J connectivity index is 1.93. The van der Waals surface area contributed by atoms with Gasteiger partial charge in [-0.3, -0.25) is 0 Å². The van der Waals surface area contributed by atoms with Gasteiger partial charge < -0.3 is 14.6 Å². The van der Waals surface area contributed by atoms with Gasteiger partial charge in [0, 0.05) is 0 Å². The predicted octanol–water partition coefficient (Wildman–Crippen LogP) is 3.81. The molecule has 1 unspecified atom stereocenters. The molecule has 3 heteroatoms. The first-order chi connectivity index (χ1) is 10.1. The minimum atomic E-state index is -0.629. The zero-order chi connectivity index (χ0) is 15.2. The van der Waals surface area contributed by atoms with Gasteiger partial charge in [-0.25, -0.2) is 0 Å². The number of aliphatic hydroxyl groups is 1. The quantitative estimate of drug-likeness (QED) is 0.877. The van der Waals surface area contributed by atoms with Gasteiger partial charge in [0.25, 0.3) is 0 Å². The summed E-state index contributed by atoms with van der Waals surface area (Å²) in [6, 6.07) is 13.4. The second-order valence-corrected chi connectivity index (χ2v) is 5.07. The molecule has 0 aliphatic carbocycles. The van der Waals surface area contributed by atoms with Crippen LogP contribution in [-0.2, 0) is 0 Å². The number of aliphatic hydroxyl groups excluding tert-OH is 1. The van der Waals surface area contributed by atoms with E-state index in [1.165, 1.54) is 11.1 Å². The van der Waals surface area contributed by atoms with Crippen molar-refractivity contribution in [3.63, 3.8) is 0 Å². The molecule has 0 bridgehead atoms. The maximum absolute atomic E-state index is 10.2. The third-order valence-electron chi connectivity index (χ3n) is 3.46. The first kappa shape index (κ1) is 15.4. The van der Waals surface area contributed by atoms with Gasteiger partial charge in [-0.15, -0.1) is 0 Å². The molecular weight excluding hydrogens is 264 g/mol. The highest BCUT2D eigenvalue weighted by molar-refractivity contribution is 5.32. The van der Waals surface area contributed by atoms with Crippen LogP contribution in [0.1, 0.15) is 29.7 Å². The maximum atomic E-state index is 10.2. The third kappa shape index (κ3) is 4.23. The van der Waals surface area contributed by atoms with Crippen molar-refractivity contribution in [3.05, 3.63) is 59.2 Å². The fourth-order valence-corrected chi connectivity index (χ4v) is 2.04. The summed E-state index contributed by atoms with van der Waals surface area (Å²) in [5.74, 6) is 1.54. The Hall–Kier alpha value is -2.00. The van der Waals surface area contributed by atoms with Gasteiger partial charge in [-0.05, 0) is 61.7 Å². The summed E-state index contributed by atoms with van der Waals surface area (Å²) in [6.45, 7) is 6.92. The van der Waals surface area contributed by atoms with Gasteiger partial charge in [0.15, 0.2) is 0 Å². The van der Waals surface area contributed by atoms with E-state index in [0.29, 0.717) is 6.61 Å². The minimum Gasteiger partial charge on any atom is -0.494 e. The van der Waals surface area contributed by atoms with Crippen molar-refractivity contribution in [2.24, 2.45) is 0 Å². The van der Waals surface area contributed by atoms with Gasteiger partial charge in [-0.2, -0.15) is 0 Å². The van der Waals surface area contributed by atoms with Crippen LogP contribution in [0.5, 0.6) is 11.5 Å². The van der Waals surface area contributed by atoms with Crippen molar-refractivity contribution in [2.75, 3.05) is 13.2 Å². The lowest BCUT2D eigenvalue weighted by Gasteiger charge is -2.14. The van der Waals surface area contributed by atoms with Crippen molar-refractivity contribution in [1.29, 1.82) is 0 Å². The molecule has 0 heterocycles. The highest BCUT2D eigenvalue weighted by Gasteiger charge is 2.09. The Morgan fingerprint density at radius 1 is 0.905 bits per heavy atom. The molecule has 3 nitrogen and oxygen atoms in total. The van der Waals surface area contributed by atoms with E-state index in [4.69, 9.17) is 9.47 Å². The highest BCUT2D eigenvalue weighted by atomic mass is 16.5. The van der Waals surface area contributed by atoms with Crippen molar-refractivity contribution >= 4 is 0 Å². The molecule has 0 radical (unpaired) electrons. The lowest BCUT2D eigenvalue weighted by Crippen LogP contribution is -2.10. The second kappa shape index (κ2) is 7.14. The van der Waals surface area contributed by atoms with Crippen LogP contribution in [0.4, 0.5) is 0 Å². The molecule has 112 valence electrons. The Labute approximate surface area is 126 Å². The number of rotatable bonds is 6. The first-order valence-electron chi connectivity index (χ1n) is 7.21. The summed E-state index contributed by atoms with van der Waals surface area (Å²) < 4.78 is 11.0. The number of hydrogen-bond acceptors (Lipinski definition) is 3. The Kier molecular flexibility index (Phi) is 5.23. The fourth-order valence-electron chi connectivity index (χ4n) is 2.04. The largest absolute Gasteiger partial charge is 0.494 e. The summed E-state index contributed by atoms with van der Waals surface area (Å²) >= 11 is 0. The van der Waals surface area contributed by atoms with Gasteiger partial charge in [-0.1, -0.05) is 18.2 Å². The molecule has 1 N–H and O–H groups in total. The molecule has 0 saturated carbocycles. The molecule has 0 saturated heterocycles. The van der Waals surface area contributed by atoms with Crippen LogP contribution in [0, 0.1) is 13.8 Å². The van der Waals surface area contributed by atoms with E-state index in [9.17, 15) is 5.11 Å². The average Bonchev–Trinajstić information content (AvgIpc) is 2.49. The molecule has 1 atom stereocenters. The second-order valence-electron chi connectivity index (χ2n) is 5.07. The third-order valence-corrected chi connectivity index (χ3v) is 3.46. The molecule has 21 heavy (non-hydrogen) atoms. The predicted molar refractivity (Wildman–Crippen MR) is 84.0 cm³/mol. The van der Waals surface area contributed by atoms with Crippen LogP contribution in [0.15, 0.2) is 42.5 Å². The van der Waals surface area contributed by atoms with E-state index in [1.54, 1.807) is 0 Å². The lowest BCUT2D eigenvalue weighted by molar-refractivity contribution is 0.108. The Morgan fingerprint density at radius 3 is 2.10 bits per heavy atom. The van der Waals surface area contributed by atoms with E-state index in [2.05, 4.69) is 6.92 Å². The van der Waals surface area contributed by atoms with E-state index < -0.39 is 6.10 Å². The molecule has 2 aromatic rings. The zero-order valence-corrected chi connectivity index (χ0v) is 12.8. The van der Waals surface area contributed by atoms with Crippen molar-refractivity contribution in [1.82, 2.24) is 0 Å². The van der Waals surface area contributed by atoms with E-state index in [0.717, 1.165) is 17.1 Å². The number of aryl methyl sites for hydroxylation is 2. The molecule has 2 aromatic carbocycles. The van der Waals surface area contributed by atoms with Crippen LogP contribution in [-0.4, -0.2) is 18.3 Å². The summed E-state index contributed by atoms with van der Waals surface area (Å²) in [7, 11) is 0. The Morgan fingerprint density at radius 2 is 1.52 bits per heavy atom. The van der Waals surface area contributed by atoms with Crippen molar-refractivity contribution in [3.8, 4) is 11.5 Å². The van der Waals surface area contributed by atoms with Gasteiger partial charge in [0.05, 0.1) is 6.61 Å². The summed E-state index contributed by atoms with van der Waals surface area (Å²) in [5.41, 5.74) is 3.27. The summed E-state index contributed by atoms with van der Waals surface area (Å²) in [4.78, 5) is 0. The molecule has 2 rings (SSSR count). The lowest BCUT2D eigenvalue weighted by atomic mass is 10.0. The van der Waals surface area contributed by atoms with Gasteiger partial charge >= 0.3 is 0 Å². The normalized spacial score (nSPS) is 12.0. The highest BCUT2D eigenvalue weighted by Crippen LogP contribution is 2.21. The van der Waals surface area contributed by atoms with E-state index >= 15 is 0 Å². The van der Waals surface area contributed by atoms with Crippen LogP contribution in [0.25, 0.3) is 0 Å². The van der Waals surface area contributed by atoms with Crippen LogP contribution in [0.3, 0.4) is 0 Å². The molecule has 0 aromatic heterocycles. The molecule has 0 aliphatic heterocycles. The van der Waals surface area contributed by atoms with Crippen molar-refractivity contribution in [2.45, 2.75) is 26.9 Å². The summed E-state index contributed by atoms with van der Waals surface area (Å²) in [5, 5.41) is 10.2. The zero-order valence-electron chi connectivity index (χ0n) is 12.8. The first-order valence-corrected chi connectivity index (χ1v) is 7.21. The fraction of sp³-hybridized carbons (Fsp3) is 0.333. The summed E-state index contributed by atoms with van der Waals surface area (Å²) in [6.07, 6.45) is -0.629. The number of hydrogen-bond donors (Lipinski definition) is 1. The van der Waals surface area contributed by atoms with E-state index in [-0.39, 0.29) is 6.61 Å². The number of benzene rings is 2. The van der Waals surface area contributed by atoms with E-state index in [1.807, 2.05) is 56.3 Å². The maximum Gasteiger partial charge on any atom is 0.119 e. The molecule has 0 aliphatic rings.